The van der Waals surface area contributed by atoms with Gasteiger partial charge in [-0.05, 0) is 18.4 Å². The van der Waals surface area contributed by atoms with Gasteiger partial charge in [0.25, 0.3) is 5.91 Å². The molecule has 1 atom stereocenters. The minimum absolute atomic E-state index is 0.0113. The third kappa shape index (κ3) is 4.91. The van der Waals surface area contributed by atoms with Crippen LogP contribution in [0.4, 0.5) is 0 Å². The molecule has 0 aliphatic rings. The number of hydrogen-bond acceptors (Lipinski definition) is 3. The Bertz CT molecular complexity index is 424. The Labute approximate surface area is 115 Å². The Hall–Kier alpha value is -1.55. The molecule has 1 unspecified atom stereocenters. The molecule has 1 aromatic rings. The summed E-state index contributed by atoms with van der Waals surface area (Å²) < 4.78 is 5.51. The number of ether oxygens (including phenoxy) is 1. The average molecular weight is 264 g/mol. The molecule has 0 aromatic heterocycles. The molecule has 3 N–H and O–H groups in total. The third-order valence-corrected chi connectivity index (χ3v) is 3.23. The van der Waals surface area contributed by atoms with Crippen molar-refractivity contribution >= 4 is 5.91 Å². The molecule has 0 heterocycles. The summed E-state index contributed by atoms with van der Waals surface area (Å²) in [7, 11) is 0. The van der Waals surface area contributed by atoms with E-state index in [4.69, 9.17) is 10.5 Å². The first-order chi connectivity index (χ1) is 8.84. The highest BCUT2D eigenvalue weighted by Crippen LogP contribution is 2.19. The summed E-state index contributed by atoms with van der Waals surface area (Å²) in [6.07, 6.45) is 0. The lowest BCUT2D eigenvalue weighted by atomic mass is 9.88. The summed E-state index contributed by atoms with van der Waals surface area (Å²) >= 11 is 0. The summed E-state index contributed by atoms with van der Waals surface area (Å²) in [4.78, 5) is 11.8. The van der Waals surface area contributed by atoms with Gasteiger partial charge in [0.1, 0.15) is 5.75 Å². The average Bonchev–Trinajstić information content (AvgIpc) is 2.35. The summed E-state index contributed by atoms with van der Waals surface area (Å²) in [6, 6.07) is 7.57. The fraction of sp³-hybridized carbons (Fsp3) is 0.533. The highest BCUT2D eigenvalue weighted by atomic mass is 16.5. The summed E-state index contributed by atoms with van der Waals surface area (Å²) in [6.45, 7) is 8.66. The zero-order chi connectivity index (χ0) is 14.5. The molecule has 19 heavy (non-hydrogen) atoms. The number of nitrogens with two attached hydrogens (primary N) is 1. The molecule has 0 fully saturated rings. The quantitative estimate of drug-likeness (QED) is 0.855. The van der Waals surface area contributed by atoms with Crippen molar-refractivity contribution in [2.45, 2.75) is 40.3 Å². The Kier molecular flexibility index (Phi) is 5.36. The van der Waals surface area contributed by atoms with Gasteiger partial charge in [-0.1, -0.05) is 39.0 Å². The molecule has 0 radical (unpaired) electrons. The molecule has 0 saturated heterocycles. The molecule has 4 heteroatoms. The van der Waals surface area contributed by atoms with E-state index in [1.54, 1.807) is 0 Å². The summed E-state index contributed by atoms with van der Waals surface area (Å²) in [5.41, 5.74) is 6.55. The molecule has 0 aliphatic heterocycles. The van der Waals surface area contributed by atoms with E-state index in [2.05, 4.69) is 26.1 Å². The van der Waals surface area contributed by atoms with E-state index in [0.717, 1.165) is 5.56 Å². The first-order valence-electron chi connectivity index (χ1n) is 6.54. The van der Waals surface area contributed by atoms with Crippen LogP contribution in [-0.4, -0.2) is 18.6 Å². The Morgan fingerprint density at radius 3 is 2.58 bits per heavy atom. The van der Waals surface area contributed by atoms with Gasteiger partial charge >= 0.3 is 0 Å². The van der Waals surface area contributed by atoms with Crippen LogP contribution >= 0.6 is 0 Å². The number of amides is 1. The van der Waals surface area contributed by atoms with Crippen molar-refractivity contribution in [1.29, 1.82) is 0 Å². The zero-order valence-electron chi connectivity index (χ0n) is 12.2. The predicted octanol–water partition coefficient (Wildman–Crippen LogP) is 2.07. The highest BCUT2D eigenvalue weighted by molar-refractivity contribution is 5.77. The van der Waals surface area contributed by atoms with E-state index in [-0.39, 0.29) is 24.0 Å². The molecule has 1 aromatic carbocycles. The van der Waals surface area contributed by atoms with Crippen molar-refractivity contribution in [3.63, 3.8) is 0 Å². The molecule has 0 spiro atoms. The largest absolute Gasteiger partial charge is 0.483 e. The number of benzene rings is 1. The van der Waals surface area contributed by atoms with Gasteiger partial charge in [0.15, 0.2) is 6.61 Å². The van der Waals surface area contributed by atoms with Gasteiger partial charge in [0, 0.05) is 18.2 Å². The van der Waals surface area contributed by atoms with Crippen molar-refractivity contribution < 1.29 is 9.53 Å². The van der Waals surface area contributed by atoms with Crippen LogP contribution in [0.25, 0.3) is 0 Å². The van der Waals surface area contributed by atoms with E-state index in [0.29, 0.717) is 12.3 Å². The summed E-state index contributed by atoms with van der Waals surface area (Å²) in [5.74, 6) is 0.554. The number of carbonyl (C=O) groups excluding carboxylic acids is 1. The van der Waals surface area contributed by atoms with E-state index >= 15 is 0 Å². The van der Waals surface area contributed by atoms with Crippen LogP contribution < -0.4 is 15.8 Å². The van der Waals surface area contributed by atoms with Crippen molar-refractivity contribution in [2.75, 3.05) is 6.61 Å². The van der Waals surface area contributed by atoms with Gasteiger partial charge in [-0.15, -0.1) is 0 Å². The smallest absolute Gasteiger partial charge is 0.258 e. The maximum absolute atomic E-state index is 11.8. The van der Waals surface area contributed by atoms with Crippen LogP contribution in [0.2, 0.25) is 0 Å². The standard InChI is InChI=1S/C15H24N2O2/c1-11(15(2,3)4)17-14(18)10-19-13-8-6-5-7-12(13)9-16/h5-8,11H,9-10,16H2,1-4H3,(H,17,18). The monoisotopic (exact) mass is 264 g/mol. The lowest BCUT2D eigenvalue weighted by molar-refractivity contribution is -0.124. The third-order valence-electron chi connectivity index (χ3n) is 3.23. The van der Waals surface area contributed by atoms with Gasteiger partial charge in [-0.2, -0.15) is 0 Å². The Morgan fingerprint density at radius 2 is 2.00 bits per heavy atom. The Morgan fingerprint density at radius 1 is 1.37 bits per heavy atom. The van der Waals surface area contributed by atoms with Gasteiger partial charge in [0.2, 0.25) is 0 Å². The van der Waals surface area contributed by atoms with Gasteiger partial charge in [-0.25, -0.2) is 0 Å². The van der Waals surface area contributed by atoms with E-state index < -0.39 is 0 Å². The van der Waals surface area contributed by atoms with E-state index in [1.807, 2.05) is 31.2 Å². The molecule has 4 nitrogen and oxygen atoms in total. The maximum Gasteiger partial charge on any atom is 0.258 e. The minimum Gasteiger partial charge on any atom is -0.483 e. The number of para-hydroxylation sites is 1. The first-order valence-corrected chi connectivity index (χ1v) is 6.54. The maximum atomic E-state index is 11.8. The Balaban J connectivity index is 2.51. The zero-order valence-corrected chi connectivity index (χ0v) is 12.2. The number of nitrogens with one attached hydrogen (secondary N) is 1. The SMILES string of the molecule is CC(NC(=O)COc1ccccc1CN)C(C)(C)C. The van der Waals surface area contributed by atoms with Gasteiger partial charge < -0.3 is 15.8 Å². The van der Waals surface area contributed by atoms with Crippen LogP contribution in [0.5, 0.6) is 5.75 Å². The van der Waals surface area contributed by atoms with Crippen LogP contribution in [0, 0.1) is 5.41 Å². The van der Waals surface area contributed by atoms with Crippen LogP contribution in [0.1, 0.15) is 33.3 Å². The van der Waals surface area contributed by atoms with E-state index in [9.17, 15) is 4.79 Å². The second kappa shape index (κ2) is 6.57. The predicted molar refractivity (Wildman–Crippen MR) is 76.9 cm³/mol. The van der Waals surface area contributed by atoms with Crippen molar-refractivity contribution in [3.05, 3.63) is 29.8 Å². The second-order valence-electron chi connectivity index (χ2n) is 5.76. The lowest BCUT2D eigenvalue weighted by Crippen LogP contribution is -2.43. The fourth-order valence-corrected chi connectivity index (χ4v) is 1.46. The van der Waals surface area contributed by atoms with Gasteiger partial charge in [-0.3, -0.25) is 4.79 Å². The molecule has 0 bridgehead atoms. The number of hydrogen-bond donors (Lipinski definition) is 2. The molecule has 0 aliphatic carbocycles. The number of carbonyl (C=O) groups is 1. The molecule has 106 valence electrons. The molecule has 0 saturated carbocycles. The van der Waals surface area contributed by atoms with Crippen LogP contribution in [0.3, 0.4) is 0 Å². The topological polar surface area (TPSA) is 64.3 Å². The lowest BCUT2D eigenvalue weighted by Gasteiger charge is -2.28. The molecule has 1 rings (SSSR count). The van der Waals surface area contributed by atoms with Gasteiger partial charge in [0.05, 0.1) is 0 Å². The van der Waals surface area contributed by atoms with Crippen molar-refractivity contribution in [1.82, 2.24) is 5.32 Å². The van der Waals surface area contributed by atoms with Crippen LogP contribution in [-0.2, 0) is 11.3 Å². The van der Waals surface area contributed by atoms with E-state index in [1.165, 1.54) is 0 Å². The minimum atomic E-state index is -0.116. The van der Waals surface area contributed by atoms with Crippen LogP contribution in [0.15, 0.2) is 24.3 Å². The fourth-order valence-electron chi connectivity index (χ4n) is 1.46. The molecular weight excluding hydrogens is 240 g/mol. The normalized spacial score (nSPS) is 12.9. The molecular formula is C15H24N2O2. The molecule has 1 amide bonds. The van der Waals surface area contributed by atoms with Crippen molar-refractivity contribution in [3.8, 4) is 5.75 Å². The summed E-state index contributed by atoms with van der Waals surface area (Å²) in [5, 5.41) is 2.93. The highest BCUT2D eigenvalue weighted by Gasteiger charge is 2.21. The number of rotatable bonds is 5. The first kappa shape index (κ1) is 15.5. The van der Waals surface area contributed by atoms with Crippen molar-refractivity contribution in [2.24, 2.45) is 11.1 Å². The second-order valence-corrected chi connectivity index (χ2v) is 5.76.